The van der Waals surface area contributed by atoms with Crippen LogP contribution in [0.1, 0.15) is 38.9 Å². The molecule has 0 amide bonds. The molecule has 1 aromatic rings. The van der Waals surface area contributed by atoms with Crippen molar-refractivity contribution in [2.75, 3.05) is 0 Å². The first kappa shape index (κ1) is 12.7. The molecule has 4 nitrogen and oxygen atoms in total. The van der Waals surface area contributed by atoms with Gasteiger partial charge in [-0.3, -0.25) is 4.79 Å². The molecule has 1 heterocycles. The molecule has 0 atom stereocenters. The number of aryl methyl sites for hydroxylation is 2. The Morgan fingerprint density at radius 3 is 2.81 bits per heavy atom. The van der Waals surface area contributed by atoms with Crippen LogP contribution >= 0.6 is 0 Å². The van der Waals surface area contributed by atoms with E-state index in [9.17, 15) is 4.79 Å². The lowest BCUT2D eigenvalue weighted by molar-refractivity contribution is -0.702. The number of aliphatic carboxylic acids is 1. The molecule has 0 aliphatic carbocycles. The van der Waals surface area contributed by atoms with Gasteiger partial charge >= 0.3 is 5.97 Å². The number of rotatable bonds is 7. The Morgan fingerprint density at radius 2 is 2.25 bits per heavy atom. The van der Waals surface area contributed by atoms with Crippen molar-refractivity contribution in [3.8, 4) is 0 Å². The smallest absolute Gasteiger partial charge is 0.307 e. The normalized spacial score (nSPS) is 10.6. The van der Waals surface area contributed by atoms with E-state index in [0.29, 0.717) is 6.54 Å². The molecule has 0 aromatic carbocycles. The van der Waals surface area contributed by atoms with Crippen LogP contribution in [0.5, 0.6) is 0 Å². The Balaban J connectivity index is 2.73. The lowest BCUT2D eigenvalue weighted by Gasteiger charge is -2.02. The summed E-state index contributed by atoms with van der Waals surface area (Å²) in [6.45, 7) is 5.79. The first-order valence-electron chi connectivity index (χ1n) is 5.98. The van der Waals surface area contributed by atoms with E-state index in [1.54, 1.807) is 0 Å². The zero-order chi connectivity index (χ0) is 12.0. The van der Waals surface area contributed by atoms with Gasteiger partial charge in [0.25, 0.3) is 5.82 Å². The molecule has 16 heavy (non-hydrogen) atoms. The molecule has 1 aromatic heterocycles. The van der Waals surface area contributed by atoms with Crippen LogP contribution in [-0.2, 0) is 24.3 Å². The van der Waals surface area contributed by atoms with Gasteiger partial charge in [0.1, 0.15) is 18.9 Å². The molecule has 4 heteroatoms. The lowest BCUT2D eigenvalue weighted by atomic mass is 10.2. The maximum Gasteiger partial charge on any atom is 0.307 e. The van der Waals surface area contributed by atoms with Crippen molar-refractivity contribution in [2.24, 2.45) is 0 Å². The minimum Gasteiger partial charge on any atom is -0.481 e. The highest BCUT2D eigenvalue weighted by atomic mass is 16.4. The van der Waals surface area contributed by atoms with Gasteiger partial charge in [-0.1, -0.05) is 13.3 Å². The second-order valence-corrected chi connectivity index (χ2v) is 3.94. The Kier molecular flexibility index (Phi) is 5.02. The summed E-state index contributed by atoms with van der Waals surface area (Å²) in [6.07, 6.45) is 7.55. The second-order valence-electron chi connectivity index (χ2n) is 3.94. The summed E-state index contributed by atoms with van der Waals surface area (Å²) < 4.78 is 4.25. The minimum absolute atomic E-state index is 0.192. The molecule has 90 valence electrons. The van der Waals surface area contributed by atoms with E-state index < -0.39 is 5.97 Å². The highest BCUT2D eigenvalue weighted by Gasteiger charge is 2.15. The number of carbonyl (C=O) groups is 1. The molecule has 0 fully saturated rings. The van der Waals surface area contributed by atoms with Gasteiger partial charge in [-0.25, -0.2) is 9.13 Å². The molecule has 0 unspecified atom stereocenters. The average Bonchev–Trinajstić information content (AvgIpc) is 2.65. The fraction of sp³-hybridized carbons (Fsp3) is 0.667. The van der Waals surface area contributed by atoms with Crippen molar-refractivity contribution in [1.82, 2.24) is 4.57 Å². The van der Waals surface area contributed by atoms with Crippen molar-refractivity contribution in [1.29, 1.82) is 0 Å². The summed E-state index contributed by atoms with van der Waals surface area (Å²) in [5, 5.41) is 8.69. The number of nitrogens with zero attached hydrogens (tertiary/aromatic N) is 2. The number of carboxylic acids is 1. The molecule has 0 aliphatic heterocycles. The van der Waals surface area contributed by atoms with E-state index in [1.165, 1.54) is 5.82 Å². The molecule has 0 bridgehead atoms. The number of unbranched alkanes of at least 4 members (excludes halogenated alkanes) is 1. The molecular formula is C12H21N2O2+. The maximum absolute atomic E-state index is 10.6. The second kappa shape index (κ2) is 6.30. The lowest BCUT2D eigenvalue weighted by Crippen LogP contribution is -2.38. The van der Waals surface area contributed by atoms with Crippen LogP contribution in [0, 0.1) is 0 Å². The molecule has 0 saturated heterocycles. The van der Waals surface area contributed by atoms with Crippen molar-refractivity contribution in [2.45, 2.75) is 52.6 Å². The number of carboxylic acid groups (broad SMARTS) is 1. The number of hydrogen-bond acceptors (Lipinski definition) is 1. The molecule has 1 rings (SSSR count). The third kappa shape index (κ3) is 3.36. The summed E-state index contributed by atoms with van der Waals surface area (Å²) in [5.74, 6) is 0.504. The highest BCUT2D eigenvalue weighted by Crippen LogP contribution is 2.02. The van der Waals surface area contributed by atoms with Crippen molar-refractivity contribution < 1.29 is 14.5 Å². The molecule has 1 N–H and O–H groups in total. The molecule has 0 radical (unpaired) electrons. The number of hydrogen-bond donors (Lipinski definition) is 1. The first-order valence-corrected chi connectivity index (χ1v) is 5.98. The summed E-state index contributed by atoms with van der Waals surface area (Å²) in [6, 6.07) is 0. The predicted octanol–water partition coefficient (Wildman–Crippen LogP) is 1.61. The topological polar surface area (TPSA) is 46.1 Å². The molecular weight excluding hydrogens is 204 g/mol. The van der Waals surface area contributed by atoms with E-state index in [4.69, 9.17) is 5.11 Å². The number of aromatic nitrogens is 2. The van der Waals surface area contributed by atoms with Crippen molar-refractivity contribution in [3.63, 3.8) is 0 Å². The standard InChI is InChI=1S/C12H20N2O2/c1-3-5-6-11-13(4-2)9-10-14(11)8-7-12(15)16/h9-10H,3-8H2,1-2H3/p+1. The fourth-order valence-corrected chi connectivity index (χ4v) is 1.83. The van der Waals surface area contributed by atoms with Gasteiger partial charge in [0, 0.05) is 6.42 Å². The van der Waals surface area contributed by atoms with Crippen LogP contribution in [0.4, 0.5) is 0 Å². The first-order chi connectivity index (χ1) is 7.69. The summed E-state index contributed by atoms with van der Waals surface area (Å²) >= 11 is 0. The third-order valence-electron chi connectivity index (χ3n) is 2.75. The van der Waals surface area contributed by atoms with Gasteiger partial charge in [0.05, 0.1) is 13.0 Å². The largest absolute Gasteiger partial charge is 0.481 e. The monoisotopic (exact) mass is 225 g/mol. The van der Waals surface area contributed by atoms with Crippen LogP contribution in [-0.4, -0.2) is 15.6 Å². The van der Waals surface area contributed by atoms with Crippen LogP contribution in [0.3, 0.4) is 0 Å². The zero-order valence-corrected chi connectivity index (χ0v) is 10.1. The highest BCUT2D eigenvalue weighted by molar-refractivity contribution is 5.66. The SMILES string of the molecule is CCCCc1n(CC)cc[n+]1CCC(=O)O. The van der Waals surface area contributed by atoms with Crippen LogP contribution in [0.25, 0.3) is 0 Å². The van der Waals surface area contributed by atoms with E-state index in [1.807, 2.05) is 12.4 Å². The van der Waals surface area contributed by atoms with E-state index in [-0.39, 0.29) is 6.42 Å². The van der Waals surface area contributed by atoms with Crippen molar-refractivity contribution >= 4 is 5.97 Å². The third-order valence-corrected chi connectivity index (χ3v) is 2.75. The summed E-state index contributed by atoms with van der Waals surface area (Å²) in [7, 11) is 0. The predicted molar refractivity (Wildman–Crippen MR) is 61.2 cm³/mol. The van der Waals surface area contributed by atoms with Gasteiger partial charge < -0.3 is 5.11 Å². The molecule has 0 spiro atoms. The van der Waals surface area contributed by atoms with Crippen LogP contribution in [0.2, 0.25) is 0 Å². The van der Waals surface area contributed by atoms with Crippen LogP contribution in [0.15, 0.2) is 12.4 Å². The average molecular weight is 225 g/mol. The van der Waals surface area contributed by atoms with Gasteiger partial charge in [-0.05, 0) is 13.3 Å². The van der Waals surface area contributed by atoms with E-state index >= 15 is 0 Å². The Bertz CT molecular complexity index is 345. The van der Waals surface area contributed by atoms with Crippen LogP contribution < -0.4 is 4.57 Å². The summed E-state index contributed by atoms with van der Waals surface area (Å²) in [4.78, 5) is 10.6. The Hall–Kier alpha value is -1.32. The quantitative estimate of drug-likeness (QED) is 0.717. The number of imidazole rings is 1. The van der Waals surface area contributed by atoms with Gasteiger partial charge in [0.15, 0.2) is 0 Å². The Morgan fingerprint density at radius 1 is 1.50 bits per heavy atom. The maximum atomic E-state index is 10.6. The van der Waals surface area contributed by atoms with Gasteiger partial charge in [-0.15, -0.1) is 0 Å². The molecule has 0 aliphatic rings. The van der Waals surface area contributed by atoms with Gasteiger partial charge in [0.2, 0.25) is 0 Å². The molecule has 0 saturated carbocycles. The Labute approximate surface area is 96.5 Å². The minimum atomic E-state index is -0.738. The van der Waals surface area contributed by atoms with Crippen molar-refractivity contribution in [3.05, 3.63) is 18.2 Å². The van der Waals surface area contributed by atoms with E-state index in [0.717, 1.165) is 25.8 Å². The van der Waals surface area contributed by atoms with E-state index in [2.05, 4.69) is 23.0 Å². The van der Waals surface area contributed by atoms with Gasteiger partial charge in [-0.2, -0.15) is 0 Å². The summed E-state index contributed by atoms with van der Waals surface area (Å²) in [5.41, 5.74) is 0. The fourth-order valence-electron chi connectivity index (χ4n) is 1.83. The zero-order valence-electron chi connectivity index (χ0n) is 10.1.